The molecule has 2 rings (SSSR count). The van der Waals surface area contributed by atoms with Gasteiger partial charge in [-0.05, 0) is 50.8 Å². The molecular weight excluding hydrogens is 312 g/mol. The zero-order valence-electron chi connectivity index (χ0n) is 14.3. The van der Waals surface area contributed by atoms with Gasteiger partial charge in [0.05, 0.1) is 4.90 Å². The van der Waals surface area contributed by atoms with Crippen molar-refractivity contribution in [1.82, 2.24) is 9.21 Å². The maximum absolute atomic E-state index is 12.6. The van der Waals surface area contributed by atoms with Crippen LogP contribution in [0.2, 0.25) is 0 Å². The average molecular weight is 338 g/mol. The Balaban J connectivity index is 2.28. The Labute approximate surface area is 139 Å². The van der Waals surface area contributed by atoms with Gasteiger partial charge in [-0.2, -0.15) is 4.31 Å². The van der Waals surface area contributed by atoms with E-state index in [4.69, 9.17) is 0 Å². The van der Waals surface area contributed by atoms with Gasteiger partial charge >= 0.3 is 0 Å². The standard InChI is InChI=1S/C17H26N2O3S/c1-13(2)18(4)23(21,22)16-9-5-8-15(11-16)17(20)19-10-6-7-14(3)12-19/h5,8-9,11,13-14H,6-7,10,12H2,1-4H3. The second-order valence-corrected chi connectivity index (χ2v) is 8.64. The maximum Gasteiger partial charge on any atom is 0.253 e. The number of carbonyl (C=O) groups is 1. The minimum Gasteiger partial charge on any atom is -0.338 e. The van der Waals surface area contributed by atoms with Crippen LogP contribution < -0.4 is 0 Å². The third kappa shape index (κ3) is 3.93. The van der Waals surface area contributed by atoms with Crippen LogP contribution in [0.5, 0.6) is 0 Å². The molecule has 5 nitrogen and oxygen atoms in total. The summed E-state index contributed by atoms with van der Waals surface area (Å²) in [7, 11) is -2.02. The number of nitrogens with zero attached hydrogens (tertiary/aromatic N) is 2. The lowest BCUT2D eigenvalue weighted by Crippen LogP contribution is -2.39. The molecule has 6 heteroatoms. The molecule has 0 bridgehead atoms. The molecule has 1 saturated heterocycles. The minimum atomic E-state index is -3.57. The fourth-order valence-electron chi connectivity index (χ4n) is 2.79. The molecular formula is C17H26N2O3S. The van der Waals surface area contributed by atoms with Crippen molar-refractivity contribution in [3.05, 3.63) is 29.8 Å². The topological polar surface area (TPSA) is 57.7 Å². The van der Waals surface area contributed by atoms with Crippen molar-refractivity contribution >= 4 is 15.9 Å². The molecule has 23 heavy (non-hydrogen) atoms. The van der Waals surface area contributed by atoms with Gasteiger partial charge in [-0.15, -0.1) is 0 Å². The fourth-order valence-corrected chi connectivity index (χ4v) is 4.20. The summed E-state index contributed by atoms with van der Waals surface area (Å²) in [4.78, 5) is 14.6. The van der Waals surface area contributed by atoms with Gasteiger partial charge in [0.1, 0.15) is 0 Å². The van der Waals surface area contributed by atoms with E-state index in [0.29, 0.717) is 11.5 Å². The van der Waals surface area contributed by atoms with Crippen LogP contribution in [-0.2, 0) is 10.0 Å². The van der Waals surface area contributed by atoms with Gasteiger partial charge in [0.2, 0.25) is 10.0 Å². The van der Waals surface area contributed by atoms with Crippen molar-refractivity contribution < 1.29 is 13.2 Å². The van der Waals surface area contributed by atoms with Crippen LogP contribution in [0.25, 0.3) is 0 Å². The molecule has 0 aliphatic carbocycles. The quantitative estimate of drug-likeness (QED) is 0.848. The molecule has 1 fully saturated rings. The molecule has 0 N–H and O–H groups in total. The second-order valence-electron chi connectivity index (χ2n) is 6.64. The summed E-state index contributed by atoms with van der Waals surface area (Å²) in [5.41, 5.74) is 0.442. The van der Waals surface area contributed by atoms with Crippen molar-refractivity contribution in [1.29, 1.82) is 0 Å². The van der Waals surface area contributed by atoms with E-state index in [1.54, 1.807) is 25.2 Å². The van der Waals surface area contributed by atoms with Crippen molar-refractivity contribution in [3.8, 4) is 0 Å². The van der Waals surface area contributed by atoms with E-state index in [9.17, 15) is 13.2 Å². The van der Waals surface area contributed by atoms with E-state index >= 15 is 0 Å². The molecule has 1 amide bonds. The first-order valence-electron chi connectivity index (χ1n) is 8.11. The van der Waals surface area contributed by atoms with Gasteiger partial charge in [-0.3, -0.25) is 4.79 Å². The van der Waals surface area contributed by atoms with E-state index in [1.807, 2.05) is 18.7 Å². The lowest BCUT2D eigenvalue weighted by atomic mass is 9.99. The Bertz CT molecular complexity index is 670. The number of carbonyl (C=O) groups excluding carboxylic acids is 1. The first kappa shape index (κ1) is 17.9. The number of piperidine rings is 1. The summed E-state index contributed by atoms with van der Waals surface area (Å²) in [6.45, 7) is 7.26. The van der Waals surface area contributed by atoms with Crippen molar-refractivity contribution in [3.63, 3.8) is 0 Å². The van der Waals surface area contributed by atoms with Crippen LogP contribution in [0.15, 0.2) is 29.2 Å². The molecule has 1 unspecified atom stereocenters. The Morgan fingerprint density at radius 1 is 1.35 bits per heavy atom. The Kier molecular flexibility index (Phi) is 5.47. The molecule has 1 heterocycles. The smallest absolute Gasteiger partial charge is 0.253 e. The zero-order chi connectivity index (χ0) is 17.2. The highest BCUT2D eigenvalue weighted by Gasteiger charge is 2.26. The van der Waals surface area contributed by atoms with Crippen LogP contribution in [0.3, 0.4) is 0 Å². The number of rotatable bonds is 4. The highest BCUT2D eigenvalue weighted by molar-refractivity contribution is 7.89. The summed E-state index contributed by atoms with van der Waals surface area (Å²) >= 11 is 0. The average Bonchev–Trinajstić information content (AvgIpc) is 2.53. The molecule has 0 aromatic heterocycles. The highest BCUT2D eigenvalue weighted by atomic mass is 32.2. The Hall–Kier alpha value is -1.40. The van der Waals surface area contributed by atoms with Crippen molar-refractivity contribution in [2.75, 3.05) is 20.1 Å². The van der Waals surface area contributed by atoms with E-state index in [2.05, 4.69) is 6.92 Å². The van der Waals surface area contributed by atoms with Gasteiger partial charge in [0, 0.05) is 31.7 Å². The summed E-state index contributed by atoms with van der Waals surface area (Å²) in [5.74, 6) is 0.410. The van der Waals surface area contributed by atoms with Crippen LogP contribution >= 0.6 is 0 Å². The normalized spacial score (nSPS) is 19.4. The van der Waals surface area contributed by atoms with Crippen LogP contribution in [-0.4, -0.2) is 49.7 Å². The largest absolute Gasteiger partial charge is 0.338 e. The Morgan fingerprint density at radius 3 is 2.65 bits per heavy atom. The molecule has 1 aliphatic heterocycles. The first-order chi connectivity index (χ1) is 10.7. The molecule has 1 aliphatic rings. The molecule has 0 spiro atoms. The van der Waals surface area contributed by atoms with Crippen molar-refractivity contribution in [2.24, 2.45) is 5.92 Å². The van der Waals surface area contributed by atoms with Crippen LogP contribution in [0.1, 0.15) is 44.0 Å². The van der Waals surface area contributed by atoms with Gasteiger partial charge in [-0.25, -0.2) is 8.42 Å². The predicted octanol–water partition coefficient (Wildman–Crippen LogP) is 2.59. The zero-order valence-corrected chi connectivity index (χ0v) is 15.1. The fraction of sp³-hybridized carbons (Fsp3) is 0.588. The molecule has 1 atom stereocenters. The lowest BCUT2D eigenvalue weighted by molar-refractivity contribution is 0.0683. The van der Waals surface area contributed by atoms with E-state index in [-0.39, 0.29) is 16.8 Å². The van der Waals surface area contributed by atoms with Gasteiger partial charge in [0.15, 0.2) is 0 Å². The third-order valence-corrected chi connectivity index (χ3v) is 6.46. The number of hydrogen-bond acceptors (Lipinski definition) is 3. The molecule has 1 aromatic carbocycles. The number of sulfonamides is 1. The summed E-state index contributed by atoms with van der Waals surface area (Å²) < 4.78 is 26.5. The van der Waals surface area contributed by atoms with Crippen molar-refractivity contribution in [2.45, 2.75) is 44.6 Å². The number of likely N-dealkylation sites (tertiary alicyclic amines) is 1. The number of amides is 1. The van der Waals surface area contributed by atoms with E-state index in [0.717, 1.165) is 25.9 Å². The van der Waals surface area contributed by atoms with Crippen LogP contribution in [0.4, 0.5) is 0 Å². The lowest BCUT2D eigenvalue weighted by Gasteiger charge is -2.31. The monoisotopic (exact) mass is 338 g/mol. The molecule has 128 valence electrons. The SMILES string of the molecule is CC1CCCN(C(=O)c2cccc(S(=O)(=O)N(C)C(C)C)c2)C1. The van der Waals surface area contributed by atoms with E-state index in [1.165, 1.54) is 10.4 Å². The van der Waals surface area contributed by atoms with E-state index < -0.39 is 10.0 Å². The van der Waals surface area contributed by atoms with Gasteiger partial charge in [0.25, 0.3) is 5.91 Å². The predicted molar refractivity (Wildman–Crippen MR) is 90.8 cm³/mol. The first-order valence-corrected chi connectivity index (χ1v) is 9.55. The number of benzene rings is 1. The second kappa shape index (κ2) is 7.01. The van der Waals surface area contributed by atoms with Gasteiger partial charge < -0.3 is 4.90 Å². The Morgan fingerprint density at radius 2 is 2.04 bits per heavy atom. The summed E-state index contributed by atoms with van der Waals surface area (Å²) in [6.07, 6.45) is 2.14. The minimum absolute atomic E-state index is 0.0826. The number of hydrogen-bond donors (Lipinski definition) is 0. The highest BCUT2D eigenvalue weighted by Crippen LogP contribution is 2.21. The molecule has 0 saturated carbocycles. The summed E-state index contributed by atoms with van der Waals surface area (Å²) in [5, 5.41) is 0. The third-order valence-electron chi connectivity index (χ3n) is 4.43. The molecule has 0 radical (unpaired) electrons. The summed E-state index contributed by atoms with van der Waals surface area (Å²) in [6, 6.07) is 6.24. The van der Waals surface area contributed by atoms with Crippen LogP contribution in [0, 0.1) is 5.92 Å². The molecule has 1 aromatic rings. The maximum atomic E-state index is 12.6. The van der Waals surface area contributed by atoms with Gasteiger partial charge in [-0.1, -0.05) is 13.0 Å².